The van der Waals surface area contributed by atoms with Crippen molar-refractivity contribution in [2.75, 3.05) is 7.11 Å². The Bertz CT molecular complexity index is 326. The molecule has 0 radical (unpaired) electrons. The summed E-state index contributed by atoms with van der Waals surface area (Å²) in [6, 6.07) is 8.45. The fourth-order valence-corrected chi connectivity index (χ4v) is 1.37. The summed E-state index contributed by atoms with van der Waals surface area (Å²) in [6.45, 7) is 0. The number of rotatable bonds is 2. The van der Waals surface area contributed by atoms with Crippen molar-refractivity contribution in [3.8, 4) is 6.07 Å². The quantitative estimate of drug-likeness (QED) is 0.649. The SMILES string of the molecule is CO[P+](=O)c1ccc(C#N)cc1. The van der Waals surface area contributed by atoms with Crippen LogP contribution in [0.15, 0.2) is 24.3 Å². The van der Waals surface area contributed by atoms with Gasteiger partial charge in [-0.2, -0.15) is 5.26 Å². The molecule has 0 amide bonds. The second-order valence-corrected chi connectivity index (χ2v) is 3.49. The third-order valence-corrected chi connectivity index (χ3v) is 2.42. The number of benzene rings is 1. The van der Waals surface area contributed by atoms with Crippen LogP contribution < -0.4 is 5.30 Å². The van der Waals surface area contributed by atoms with Crippen molar-refractivity contribution in [3.63, 3.8) is 0 Å². The molecule has 0 aliphatic carbocycles. The van der Waals surface area contributed by atoms with Gasteiger partial charge in [0.2, 0.25) is 5.30 Å². The van der Waals surface area contributed by atoms with Gasteiger partial charge in [0, 0.05) is 0 Å². The number of nitriles is 1. The van der Waals surface area contributed by atoms with E-state index < -0.39 is 8.03 Å². The lowest BCUT2D eigenvalue weighted by Crippen LogP contribution is -1.95. The maximum absolute atomic E-state index is 11.1. The molecule has 1 aromatic carbocycles. The van der Waals surface area contributed by atoms with E-state index in [-0.39, 0.29) is 0 Å². The van der Waals surface area contributed by atoms with Gasteiger partial charge in [-0.05, 0) is 28.8 Å². The molecule has 0 heterocycles. The van der Waals surface area contributed by atoms with E-state index in [0.29, 0.717) is 10.9 Å². The molecule has 1 aromatic rings. The van der Waals surface area contributed by atoms with Crippen molar-refractivity contribution in [1.82, 2.24) is 0 Å². The van der Waals surface area contributed by atoms with E-state index in [1.54, 1.807) is 24.3 Å². The molecule has 12 heavy (non-hydrogen) atoms. The van der Waals surface area contributed by atoms with Crippen molar-refractivity contribution in [1.29, 1.82) is 5.26 Å². The fourth-order valence-electron chi connectivity index (χ4n) is 0.763. The standard InChI is InChI=1S/C8H7NO2P/c1-11-12(10)8-4-2-7(6-9)3-5-8/h2-5H,1H3/q+1. The first-order valence-corrected chi connectivity index (χ1v) is 4.47. The summed E-state index contributed by atoms with van der Waals surface area (Å²) in [5.74, 6) is 0. The van der Waals surface area contributed by atoms with Crippen LogP contribution in [0.4, 0.5) is 0 Å². The summed E-state index contributed by atoms with van der Waals surface area (Å²) >= 11 is 0. The maximum atomic E-state index is 11.1. The highest BCUT2D eigenvalue weighted by Crippen LogP contribution is 2.18. The number of hydrogen-bond donors (Lipinski definition) is 0. The highest BCUT2D eigenvalue weighted by Gasteiger charge is 2.18. The zero-order chi connectivity index (χ0) is 8.97. The van der Waals surface area contributed by atoms with Gasteiger partial charge >= 0.3 is 8.03 Å². The van der Waals surface area contributed by atoms with Crippen molar-refractivity contribution in [2.24, 2.45) is 0 Å². The molecule has 60 valence electrons. The molecule has 0 aliphatic heterocycles. The molecule has 1 unspecified atom stereocenters. The van der Waals surface area contributed by atoms with Crippen LogP contribution in [0.5, 0.6) is 0 Å². The summed E-state index contributed by atoms with van der Waals surface area (Å²) in [5.41, 5.74) is 0.554. The zero-order valence-corrected chi connectivity index (χ0v) is 7.41. The highest BCUT2D eigenvalue weighted by molar-refractivity contribution is 7.48. The van der Waals surface area contributed by atoms with Crippen LogP contribution in [-0.4, -0.2) is 7.11 Å². The minimum Gasteiger partial charge on any atom is -0.192 e. The van der Waals surface area contributed by atoms with Gasteiger partial charge in [0.25, 0.3) is 0 Å². The topological polar surface area (TPSA) is 50.1 Å². The van der Waals surface area contributed by atoms with Crippen LogP contribution in [-0.2, 0) is 9.09 Å². The molecule has 0 fully saturated rings. The van der Waals surface area contributed by atoms with Gasteiger partial charge in [0.05, 0.1) is 18.7 Å². The minimum atomic E-state index is -1.75. The van der Waals surface area contributed by atoms with E-state index in [9.17, 15) is 4.57 Å². The van der Waals surface area contributed by atoms with Gasteiger partial charge in [-0.25, -0.2) is 0 Å². The van der Waals surface area contributed by atoms with Crippen LogP contribution in [0.3, 0.4) is 0 Å². The predicted molar refractivity (Wildman–Crippen MR) is 45.4 cm³/mol. The van der Waals surface area contributed by atoms with E-state index in [1.807, 2.05) is 6.07 Å². The zero-order valence-electron chi connectivity index (χ0n) is 6.52. The minimum absolute atomic E-state index is 0.554. The summed E-state index contributed by atoms with van der Waals surface area (Å²) in [4.78, 5) is 0. The lowest BCUT2D eigenvalue weighted by Gasteiger charge is -1.85. The van der Waals surface area contributed by atoms with Gasteiger partial charge in [-0.1, -0.05) is 0 Å². The van der Waals surface area contributed by atoms with Crippen molar-refractivity contribution >= 4 is 13.3 Å². The maximum Gasteiger partial charge on any atom is 0.548 e. The molecule has 0 N–H and O–H groups in total. The normalized spacial score (nSPS) is 10.5. The molecule has 4 heteroatoms. The number of hydrogen-bond acceptors (Lipinski definition) is 3. The molecule has 1 atom stereocenters. The number of nitrogens with zero attached hydrogens (tertiary/aromatic N) is 1. The fraction of sp³-hybridized carbons (Fsp3) is 0.125. The van der Waals surface area contributed by atoms with Crippen molar-refractivity contribution < 1.29 is 9.09 Å². The monoisotopic (exact) mass is 180 g/mol. The highest BCUT2D eigenvalue weighted by atomic mass is 31.1. The predicted octanol–water partition coefficient (Wildman–Crippen LogP) is 1.57. The van der Waals surface area contributed by atoms with Crippen LogP contribution >= 0.6 is 8.03 Å². The Hall–Kier alpha value is -1.23. The molecule has 0 spiro atoms. The molecule has 1 rings (SSSR count). The van der Waals surface area contributed by atoms with E-state index in [2.05, 4.69) is 4.52 Å². The molecule has 3 nitrogen and oxygen atoms in total. The second-order valence-electron chi connectivity index (χ2n) is 2.10. The smallest absolute Gasteiger partial charge is 0.192 e. The first kappa shape index (κ1) is 8.86. The third kappa shape index (κ3) is 1.88. The molecule has 0 saturated heterocycles. The first-order valence-electron chi connectivity index (χ1n) is 3.29. The molecule has 0 aromatic heterocycles. The third-order valence-electron chi connectivity index (χ3n) is 1.37. The summed E-state index contributed by atoms with van der Waals surface area (Å²) in [5, 5.41) is 9.07. The molecule has 0 saturated carbocycles. The Morgan fingerprint density at radius 2 is 2.00 bits per heavy atom. The van der Waals surface area contributed by atoms with E-state index >= 15 is 0 Å². The van der Waals surface area contributed by atoms with Gasteiger partial charge < -0.3 is 0 Å². The van der Waals surface area contributed by atoms with Crippen molar-refractivity contribution in [2.45, 2.75) is 0 Å². The summed E-state index contributed by atoms with van der Waals surface area (Å²) in [6.07, 6.45) is 0. The Morgan fingerprint density at radius 1 is 1.42 bits per heavy atom. The average Bonchev–Trinajstić information content (AvgIpc) is 2.17. The Kier molecular flexibility index (Phi) is 2.93. The summed E-state index contributed by atoms with van der Waals surface area (Å²) in [7, 11) is -0.364. The van der Waals surface area contributed by atoms with E-state index in [1.165, 1.54) is 7.11 Å². The molecular weight excluding hydrogens is 173 g/mol. The lowest BCUT2D eigenvalue weighted by molar-refractivity contribution is 0.423. The van der Waals surface area contributed by atoms with Crippen molar-refractivity contribution in [3.05, 3.63) is 29.8 Å². The molecule has 0 aliphatic rings. The van der Waals surface area contributed by atoms with Gasteiger partial charge in [-0.15, -0.1) is 4.52 Å². The Morgan fingerprint density at radius 3 is 2.42 bits per heavy atom. The molecule has 0 bridgehead atoms. The van der Waals surface area contributed by atoms with Crippen LogP contribution in [0.25, 0.3) is 0 Å². The van der Waals surface area contributed by atoms with Gasteiger partial charge in [-0.3, -0.25) is 0 Å². The van der Waals surface area contributed by atoms with Crippen LogP contribution in [0.1, 0.15) is 5.56 Å². The van der Waals surface area contributed by atoms with E-state index in [0.717, 1.165) is 0 Å². The van der Waals surface area contributed by atoms with Crippen LogP contribution in [0.2, 0.25) is 0 Å². The largest absolute Gasteiger partial charge is 0.548 e. The average molecular weight is 180 g/mol. The van der Waals surface area contributed by atoms with E-state index in [4.69, 9.17) is 5.26 Å². The second kappa shape index (κ2) is 3.96. The van der Waals surface area contributed by atoms with Gasteiger partial charge in [0.15, 0.2) is 0 Å². The van der Waals surface area contributed by atoms with Crippen LogP contribution in [0, 0.1) is 11.3 Å². The van der Waals surface area contributed by atoms with Gasteiger partial charge in [0.1, 0.15) is 0 Å². The first-order chi connectivity index (χ1) is 5.77. The Balaban J connectivity index is 2.94. The Labute approximate surface area is 71.5 Å². The summed E-state index contributed by atoms with van der Waals surface area (Å²) < 4.78 is 15.7. The lowest BCUT2D eigenvalue weighted by atomic mass is 10.2. The molecular formula is C8H7NO2P+.